The molecule has 4 nitrogen and oxygen atoms in total. The second kappa shape index (κ2) is 18.5. The van der Waals surface area contributed by atoms with E-state index in [1.807, 2.05) is 6.26 Å². The van der Waals surface area contributed by atoms with Crippen molar-refractivity contribution in [1.82, 2.24) is 0 Å². The molecule has 0 bridgehead atoms. The zero-order valence-corrected chi connectivity index (χ0v) is 14.9. The normalized spacial score (nSPS) is 11.9. The molecule has 0 N–H and O–H groups in total. The van der Waals surface area contributed by atoms with Crippen molar-refractivity contribution in [2.45, 2.75) is 59.3 Å². The van der Waals surface area contributed by atoms with Crippen molar-refractivity contribution in [2.24, 2.45) is 0 Å². The van der Waals surface area contributed by atoms with Gasteiger partial charge in [-0.05, 0) is 31.3 Å². The fourth-order valence-corrected chi connectivity index (χ4v) is 1.79. The average Bonchev–Trinajstić information content (AvgIpc) is 2.54. The quantitative estimate of drug-likeness (QED) is 0.295. The van der Waals surface area contributed by atoms with Crippen LogP contribution in [0.5, 0.6) is 0 Å². The highest BCUT2D eigenvalue weighted by molar-refractivity contribution is 4.96. The van der Waals surface area contributed by atoms with Crippen LogP contribution in [-0.4, -0.2) is 46.2 Å². The first kappa shape index (κ1) is 21.4. The minimum atomic E-state index is 0.607. The lowest BCUT2D eigenvalue weighted by Gasteiger charge is -2.08. The molecule has 0 aliphatic carbocycles. The first-order chi connectivity index (χ1) is 10.8. The molecule has 0 unspecified atom stereocenters. The number of unbranched alkanes of at least 4 members (excludes halogenated alkanes) is 2. The predicted octanol–water partition coefficient (Wildman–Crippen LogP) is 4.34. The average molecular weight is 316 g/mol. The molecule has 0 fully saturated rings. The Morgan fingerprint density at radius 3 is 1.77 bits per heavy atom. The third kappa shape index (κ3) is 15.8. The Kier molecular flexibility index (Phi) is 18.0. The van der Waals surface area contributed by atoms with E-state index in [4.69, 9.17) is 18.9 Å². The van der Waals surface area contributed by atoms with Gasteiger partial charge in [0.05, 0.1) is 39.3 Å². The van der Waals surface area contributed by atoms with Crippen molar-refractivity contribution in [3.05, 3.63) is 11.8 Å². The zero-order valence-electron chi connectivity index (χ0n) is 14.9. The Bertz CT molecular complexity index is 241. The van der Waals surface area contributed by atoms with Gasteiger partial charge in [-0.25, -0.2) is 0 Å². The molecule has 0 amide bonds. The molecule has 132 valence electrons. The number of allylic oxidation sites excluding steroid dienone is 1. The maximum absolute atomic E-state index is 5.52. The van der Waals surface area contributed by atoms with E-state index < -0.39 is 0 Å². The summed E-state index contributed by atoms with van der Waals surface area (Å²) in [6.07, 6.45) is 8.86. The summed E-state index contributed by atoms with van der Waals surface area (Å²) in [5.41, 5.74) is 1.38. The molecule has 22 heavy (non-hydrogen) atoms. The highest BCUT2D eigenvalue weighted by atomic mass is 16.6. The molecule has 0 radical (unpaired) electrons. The van der Waals surface area contributed by atoms with Gasteiger partial charge >= 0.3 is 0 Å². The van der Waals surface area contributed by atoms with Gasteiger partial charge in [-0.3, -0.25) is 0 Å². The molecule has 0 aromatic rings. The Morgan fingerprint density at radius 1 is 0.682 bits per heavy atom. The van der Waals surface area contributed by atoms with Crippen LogP contribution < -0.4 is 0 Å². The van der Waals surface area contributed by atoms with E-state index in [0.29, 0.717) is 39.6 Å². The van der Waals surface area contributed by atoms with Crippen molar-refractivity contribution < 1.29 is 18.9 Å². The molecule has 0 aliphatic rings. The van der Waals surface area contributed by atoms with E-state index >= 15 is 0 Å². The fraction of sp³-hybridized carbons (Fsp3) is 0.889. The summed E-state index contributed by atoms with van der Waals surface area (Å²) in [4.78, 5) is 0. The van der Waals surface area contributed by atoms with Crippen LogP contribution >= 0.6 is 0 Å². The fourth-order valence-electron chi connectivity index (χ4n) is 1.79. The van der Waals surface area contributed by atoms with Gasteiger partial charge in [-0.15, -0.1) is 0 Å². The number of rotatable bonds is 17. The van der Waals surface area contributed by atoms with E-state index in [1.54, 1.807) is 0 Å². The molecule has 0 heterocycles. The van der Waals surface area contributed by atoms with Crippen LogP contribution in [0.15, 0.2) is 11.8 Å². The molecular weight excluding hydrogens is 280 g/mol. The van der Waals surface area contributed by atoms with Crippen LogP contribution in [0.1, 0.15) is 59.3 Å². The Labute approximate surface area is 137 Å². The second-order valence-electron chi connectivity index (χ2n) is 5.29. The third-order valence-electron chi connectivity index (χ3n) is 3.29. The van der Waals surface area contributed by atoms with Crippen LogP contribution in [0.2, 0.25) is 0 Å². The SMILES string of the molecule is CCCCOCCOCCOCCO/C=C(/CC)CCCC. The monoisotopic (exact) mass is 316 g/mol. The molecule has 0 atom stereocenters. The van der Waals surface area contributed by atoms with E-state index in [2.05, 4.69) is 20.8 Å². The summed E-state index contributed by atoms with van der Waals surface area (Å²) in [7, 11) is 0. The number of hydrogen-bond donors (Lipinski definition) is 0. The van der Waals surface area contributed by atoms with Gasteiger partial charge in [-0.2, -0.15) is 0 Å². The van der Waals surface area contributed by atoms with Crippen molar-refractivity contribution in [3.8, 4) is 0 Å². The smallest absolute Gasteiger partial charge is 0.111 e. The summed E-state index contributed by atoms with van der Waals surface area (Å²) in [5, 5.41) is 0. The van der Waals surface area contributed by atoms with E-state index in [1.165, 1.54) is 24.8 Å². The Balaban J connectivity index is 3.24. The van der Waals surface area contributed by atoms with Gasteiger partial charge in [0.2, 0.25) is 0 Å². The summed E-state index contributed by atoms with van der Waals surface area (Å²) < 4.78 is 21.8. The number of hydrogen-bond acceptors (Lipinski definition) is 4. The Hall–Kier alpha value is -0.580. The topological polar surface area (TPSA) is 36.9 Å². The molecule has 0 saturated heterocycles. The van der Waals surface area contributed by atoms with E-state index in [0.717, 1.165) is 25.9 Å². The lowest BCUT2D eigenvalue weighted by atomic mass is 10.1. The Morgan fingerprint density at radius 2 is 1.23 bits per heavy atom. The lowest BCUT2D eigenvalue weighted by molar-refractivity contribution is 0.00606. The van der Waals surface area contributed by atoms with Crippen molar-refractivity contribution >= 4 is 0 Å². The second-order valence-corrected chi connectivity index (χ2v) is 5.29. The summed E-state index contributed by atoms with van der Waals surface area (Å²) in [6.45, 7) is 11.1. The largest absolute Gasteiger partial charge is 0.499 e. The van der Waals surface area contributed by atoms with Crippen LogP contribution in [-0.2, 0) is 18.9 Å². The van der Waals surface area contributed by atoms with Gasteiger partial charge in [-0.1, -0.05) is 33.6 Å². The zero-order chi connectivity index (χ0) is 16.3. The molecule has 0 rings (SSSR count). The van der Waals surface area contributed by atoms with Crippen LogP contribution in [0.25, 0.3) is 0 Å². The maximum Gasteiger partial charge on any atom is 0.111 e. The first-order valence-corrected chi connectivity index (χ1v) is 8.87. The van der Waals surface area contributed by atoms with Crippen molar-refractivity contribution in [2.75, 3.05) is 46.2 Å². The molecule has 4 heteroatoms. The third-order valence-corrected chi connectivity index (χ3v) is 3.29. The lowest BCUT2D eigenvalue weighted by Crippen LogP contribution is -2.11. The van der Waals surface area contributed by atoms with E-state index in [9.17, 15) is 0 Å². The molecule has 0 spiro atoms. The summed E-state index contributed by atoms with van der Waals surface area (Å²) in [6, 6.07) is 0. The van der Waals surface area contributed by atoms with Gasteiger partial charge < -0.3 is 18.9 Å². The highest BCUT2D eigenvalue weighted by Gasteiger charge is 1.95. The minimum absolute atomic E-state index is 0.607. The van der Waals surface area contributed by atoms with Gasteiger partial charge in [0.1, 0.15) is 6.61 Å². The number of ether oxygens (including phenoxy) is 4. The summed E-state index contributed by atoms with van der Waals surface area (Å²) >= 11 is 0. The minimum Gasteiger partial charge on any atom is -0.499 e. The van der Waals surface area contributed by atoms with Crippen LogP contribution in [0, 0.1) is 0 Å². The molecule has 0 aromatic heterocycles. The van der Waals surface area contributed by atoms with Gasteiger partial charge in [0.15, 0.2) is 0 Å². The van der Waals surface area contributed by atoms with Crippen LogP contribution in [0.3, 0.4) is 0 Å². The van der Waals surface area contributed by atoms with Crippen LogP contribution in [0.4, 0.5) is 0 Å². The van der Waals surface area contributed by atoms with Crippen molar-refractivity contribution in [3.63, 3.8) is 0 Å². The van der Waals surface area contributed by atoms with Gasteiger partial charge in [0, 0.05) is 6.61 Å². The molecule has 0 saturated carbocycles. The first-order valence-electron chi connectivity index (χ1n) is 8.87. The molecular formula is C18H36O4. The highest BCUT2D eigenvalue weighted by Crippen LogP contribution is 2.10. The molecule has 0 aromatic carbocycles. The molecule has 0 aliphatic heterocycles. The summed E-state index contributed by atoms with van der Waals surface area (Å²) in [5.74, 6) is 0. The van der Waals surface area contributed by atoms with Gasteiger partial charge in [0.25, 0.3) is 0 Å². The maximum atomic E-state index is 5.52. The standard InChI is InChI=1S/C18H36O4/c1-4-7-9-18(6-3)17-22-16-15-21-14-13-20-12-11-19-10-8-5-2/h17H,4-16H2,1-3H3/b18-17-. The van der Waals surface area contributed by atoms with Crippen molar-refractivity contribution in [1.29, 1.82) is 0 Å². The predicted molar refractivity (Wildman–Crippen MR) is 91.2 cm³/mol. The van der Waals surface area contributed by atoms with E-state index in [-0.39, 0.29) is 0 Å².